The number of fused-ring (bicyclic) bond motifs is 3. The first-order valence-corrected chi connectivity index (χ1v) is 7.03. The maximum absolute atomic E-state index is 12.5. The molecule has 3 nitrogen and oxygen atoms in total. The second-order valence-electron chi connectivity index (χ2n) is 6.57. The third kappa shape index (κ3) is 1.44. The number of likely N-dealkylation sites (tertiary alicyclic amines) is 1. The second-order valence-corrected chi connectivity index (χ2v) is 6.57. The van der Waals surface area contributed by atoms with Crippen LogP contribution in [0.15, 0.2) is 23.3 Å². The van der Waals surface area contributed by atoms with Gasteiger partial charge in [0.2, 0.25) is 11.8 Å². The highest BCUT2D eigenvalue weighted by atomic mass is 16.2. The summed E-state index contributed by atoms with van der Waals surface area (Å²) in [7, 11) is 1.63. The van der Waals surface area contributed by atoms with Gasteiger partial charge in [-0.15, -0.1) is 6.58 Å². The Bertz CT molecular complexity index is 531. The van der Waals surface area contributed by atoms with Crippen LogP contribution < -0.4 is 0 Å². The molecule has 2 amide bonds. The Morgan fingerprint density at radius 3 is 2.63 bits per heavy atom. The molecule has 2 fully saturated rings. The number of allylic oxidation sites excluding steroid dienone is 3. The van der Waals surface area contributed by atoms with Crippen LogP contribution in [-0.2, 0) is 9.59 Å². The van der Waals surface area contributed by atoms with E-state index in [0.717, 1.165) is 31.3 Å². The largest absolute Gasteiger partial charge is 0.285 e. The molecule has 2 aliphatic carbocycles. The lowest BCUT2D eigenvalue weighted by Crippen LogP contribution is -2.48. The molecule has 102 valence electrons. The van der Waals surface area contributed by atoms with E-state index in [1.165, 1.54) is 16.0 Å². The number of nitrogens with zero attached hydrogens (tertiary/aromatic N) is 1. The zero-order valence-corrected chi connectivity index (χ0v) is 12.0. The third-order valence-corrected chi connectivity index (χ3v) is 5.32. The van der Waals surface area contributed by atoms with Gasteiger partial charge in [0.25, 0.3) is 0 Å². The number of carbonyl (C=O) groups is 2. The summed E-state index contributed by atoms with van der Waals surface area (Å²) in [5.41, 5.74) is 3.80. The molecule has 0 unspecified atom stereocenters. The summed E-state index contributed by atoms with van der Waals surface area (Å²) in [5.74, 6) is -0.211. The molecular formula is C16H21NO2. The van der Waals surface area contributed by atoms with Gasteiger partial charge in [-0.1, -0.05) is 16.7 Å². The Balaban J connectivity index is 2.10. The van der Waals surface area contributed by atoms with Crippen molar-refractivity contribution in [3.8, 4) is 0 Å². The van der Waals surface area contributed by atoms with Crippen molar-refractivity contribution in [3.05, 3.63) is 23.3 Å². The molecule has 3 aliphatic rings. The Hall–Kier alpha value is -1.38. The minimum atomic E-state index is -0.130. The monoisotopic (exact) mass is 259 g/mol. The normalized spacial score (nSPS) is 37.1. The van der Waals surface area contributed by atoms with Gasteiger partial charge in [0.05, 0.1) is 11.8 Å². The molecule has 19 heavy (non-hydrogen) atoms. The van der Waals surface area contributed by atoms with E-state index in [1.807, 2.05) is 6.92 Å². The fourth-order valence-corrected chi connectivity index (χ4v) is 4.56. The fourth-order valence-electron chi connectivity index (χ4n) is 4.56. The van der Waals surface area contributed by atoms with Crippen LogP contribution in [0.3, 0.4) is 0 Å². The average molecular weight is 259 g/mol. The van der Waals surface area contributed by atoms with E-state index in [0.29, 0.717) is 0 Å². The zero-order chi connectivity index (χ0) is 13.9. The van der Waals surface area contributed by atoms with E-state index in [9.17, 15) is 9.59 Å². The number of carbonyl (C=O) groups excluding carboxylic acids is 2. The van der Waals surface area contributed by atoms with Crippen LogP contribution >= 0.6 is 0 Å². The topological polar surface area (TPSA) is 37.4 Å². The number of imide groups is 1. The molecule has 0 aromatic heterocycles. The van der Waals surface area contributed by atoms with Crippen molar-refractivity contribution < 1.29 is 9.59 Å². The highest BCUT2D eigenvalue weighted by Crippen LogP contribution is 2.63. The molecule has 0 aromatic carbocycles. The van der Waals surface area contributed by atoms with Crippen LogP contribution in [0, 0.1) is 17.3 Å². The van der Waals surface area contributed by atoms with Crippen LogP contribution in [0.1, 0.15) is 39.5 Å². The van der Waals surface area contributed by atoms with Crippen molar-refractivity contribution in [1.82, 2.24) is 4.90 Å². The molecular weight excluding hydrogens is 238 g/mol. The Kier molecular flexibility index (Phi) is 2.54. The highest BCUT2D eigenvalue weighted by molar-refractivity contribution is 6.06. The van der Waals surface area contributed by atoms with Crippen molar-refractivity contribution in [2.24, 2.45) is 17.3 Å². The molecule has 1 saturated heterocycles. The van der Waals surface area contributed by atoms with Crippen LogP contribution in [0.4, 0.5) is 0 Å². The van der Waals surface area contributed by atoms with Crippen molar-refractivity contribution in [2.75, 3.05) is 7.05 Å². The minimum Gasteiger partial charge on any atom is -0.285 e. The Morgan fingerprint density at radius 1 is 1.42 bits per heavy atom. The average Bonchev–Trinajstić information content (AvgIpc) is 2.49. The van der Waals surface area contributed by atoms with Gasteiger partial charge < -0.3 is 0 Å². The molecule has 0 spiro atoms. The Labute approximate surface area is 114 Å². The first kappa shape index (κ1) is 12.6. The molecule has 3 atom stereocenters. The second kappa shape index (κ2) is 3.81. The standard InChI is InChI=1S/C16H21NO2/c1-9(2)8-16-6-5-12(16)10(3)7-11-13(16)15(19)17(4)14(11)18/h11,13H,1,5-8H2,2-4H3/t11-,13+,16-/m0/s1. The number of rotatable bonds is 2. The fraction of sp³-hybridized carbons (Fsp3) is 0.625. The molecule has 1 aliphatic heterocycles. The zero-order valence-electron chi connectivity index (χ0n) is 12.0. The quantitative estimate of drug-likeness (QED) is 0.565. The van der Waals surface area contributed by atoms with E-state index in [1.54, 1.807) is 7.05 Å². The lowest BCUT2D eigenvalue weighted by Gasteiger charge is -2.53. The van der Waals surface area contributed by atoms with Gasteiger partial charge in [0.1, 0.15) is 0 Å². The molecule has 1 saturated carbocycles. The Morgan fingerprint density at radius 2 is 2.11 bits per heavy atom. The van der Waals surface area contributed by atoms with E-state index in [4.69, 9.17) is 0 Å². The van der Waals surface area contributed by atoms with Gasteiger partial charge in [-0.25, -0.2) is 0 Å². The van der Waals surface area contributed by atoms with E-state index in [2.05, 4.69) is 13.5 Å². The maximum Gasteiger partial charge on any atom is 0.233 e. The SMILES string of the molecule is C=C(C)C[C@@]12CCC1=C(C)C[C@@H]1C(=O)N(C)C(=O)[C@@H]12. The van der Waals surface area contributed by atoms with E-state index in [-0.39, 0.29) is 29.1 Å². The van der Waals surface area contributed by atoms with Gasteiger partial charge in [0.15, 0.2) is 0 Å². The van der Waals surface area contributed by atoms with Gasteiger partial charge in [-0.2, -0.15) is 0 Å². The van der Waals surface area contributed by atoms with Crippen molar-refractivity contribution >= 4 is 11.8 Å². The lowest BCUT2D eigenvalue weighted by molar-refractivity contribution is -0.139. The summed E-state index contributed by atoms with van der Waals surface area (Å²) in [6.45, 7) is 8.19. The first-order valence-electron chi connectivity index (χ1n) is 7.03. The lowest BCUT2D eigenvalue weighted by atomic mass is 9.49. The smallest absolute Gasteiger partial charge is 0.233 e. The van der Waals surface area contributed by atoms with Crippen molar-refractivity contribution in [3.63, 3.8) is 0 Å². The molecule has 1 heterocycles. The molecule has 0 aromatic rings. The summed E-state index contributed by atoms with van der Waals surface area (Å²) < 4.78 is 0. The van der Waals surface area contributed by atoms with Gasteiger partial charge >= 0.3 is 0 Å². The van der Waals surface area contributed by atoms with Gasteiger partial charge in [-0.3, -0.25) is 14.5 Å². The van der Waals surface area contributed by atoms with E-state index < -0.39 is 0 Å². The van der Waals surface area contributed by atoms with E-state index >= 15 is 0 Å². The highest BCUT2D eigenvalue weighted by Gasteiger charge is 2.62. The number of hydrogen-bond acceptors (Lipinski definition) is 2. The summed E-state index contributed by atoms with van der Waals surface area (Å²) in [4.78, 5) is 26.1. The minimum absolute atomic E-state index is 0.0152. The van der Waals surface area contributed by atoms with Crippen molar-refractivity contribution in [1.29, 1.82) is 0 Å². The number of hydrogen-bond donors (Lipinski definition) is 0. The molecule has 0 N–H and O–H groups in total. The summed E-state index contributed by atoms with van der Waals surface area (Å²) in [6, 6.07) is 0. The number of amides is 2. The first-order chi connectivity index (χ1) is 8.88. The van der Waals surface area contributed by atoms with Gasteiger partial charge in [-0.05, 0) is 39.5 Å². The van der Waals surface area contributed by atoms with Crippen LogP contribution in [-0.4, -0.2) is 23.8 Å². The molecule has 3 rings (SSSR count). The predicted molar refractivity (Wildman–Crippen MR) is 73.2 cm³/mol. The molecule has 0 bridgehead atoms. The molecule has 0 radical (unpaired) electrons. The predicted octanol–water partition coefficient (Wildman–Crippen LogP) is 2.68. The maximum atomic E-state index is 12.5. The van der Waals surface area contributed by atoms with Crippen LogP contribution in [0.5, 0.6) is 0 Å². The van der Waals surface area contributed by atoms with Crippen LogP contribution in [0.2, 0.25) is 0 Å². The van der Waals surface area contributed by atoms with Crippen molar-refractivity contribution in [2.45, 2.75) is 39.5 Å². The summed E-state index contributed by atoms with van der Waals surface area (Å²) >= 11 is 0. The summed E-state index contributed by atoms with van der Waals surface area (Å²) in [6.07, 6.45) is 3.74. The van der Waals surface area contributed by atoms with Gasteiger partial charge in [0, 0.05) is 12.5 Å². The third-order valence-electron chi connectivity index (χ3n) is 5.32. The summed E-state index contributed by atoms with van der Waals surface area (Å²) in [5, 5.41) is 0. The molecule has 3 heteroatoms. The van der Waals surface area contributed by atoms with Crippen LogP contribution in [0.25, 0.3) is 0 Å².